The normalized spacial score (nSPS) is 15.1. The highest BCUT2D eigenvalue weighted by atomic mass is 14.9. The topological polar surface area (TPSA) is 12.0 Å². The molecule has 0 aromatic rings. The van der Waals surface area contributed by atoms with Gasteiger partial charge in [0.15, 0.2) is 0 Å². The Morgan fingerprint density at radius 3 is 2.14 bits per heavy atom. The summed E-state index contributed by atoms with van der Waals surface area (Å²) >= 11 is 0. The molecule has 0 spiro atoms. The van der Waals surface area contributed by atoms with E-state index in [1.54, 1.807) is 0 Å². The van der Waals surface area contributed by atoms with Gasteiger partial charge in [-0.05, 0) is 45.3 Å². The summed E-state index contributed by atoms with van der Waals surface area (Å²) in [5.41, 5.74) is 5.40. The average molecular weight is 306 g/mol. The quantitative estimate of drug-likeness (QED) is 0.554. The third-order valence-electron chi connectivity index (χ3n) is 3.53. The highest BCUT2D eigenvalue weighted by Crippen LogP contribution is 2.15. The molecule has 0 atom stereocenters. The molecule has 0 aromatic heterocycles. The van der Waals surface area contributed by atoms with E-state index in [-0.39, 0.29) is 0 Å². The summed E-state index contributed by atoms with van der Waals surface area (Å²) < 4.78 is 0. The smallest absolute Gasteiger partial charge is 0.0370 e. The van der Waals surface area contributed by atoms with Crippen molar-refractivity contribution < 1.29 is 0 Å². The molecule has 1 nitrogen and oxygen atoms in total. The molecule has 1 aliphatic heterocycles. The van der Waals surface area contributed by atoms with Gasteiger partial charge >= 0.3 is 0 Å². The molecule has 128 valence electrons. The lowest BCUT2D eigenvalue weighted by molar-refractivity contribution is 0.781. The molecule has 0 fully saturated rings. The van der Waals surface area contributed by atoms with E-state index in [0.29, 0.717) is 0 Å². The van der Waals surface area contributed by atoms with Gasteiger partial charge in [-0.1, -0.05) is 76.8 Å². The van der Waals surface area contributed by atoms with Crippen LogP contribution in [0.1, 0.15) is 81.1 Å². The third kappa shape index (κ3) is 11.4. The van der Waals surface area contributed by atoms with Crippen LogP contribution in [0.25, 0.3) is 0 Å². The highest BCUT2D eigenvalue weighted by molar-refractivity contribution is 5.37. The molecule has 1 heterocycles. The maximum Gasteiger partial charge on any atom is 0.0370 e. The van der Waals surface area contributed by atoms with E-state index < -0.39 is 0 Å². The lowest BCUT2D eigenvalue weighted by Gasteiger charge is -2.09. The van der Waals surface area contributed by atoms with Gasteiger partial charge in [0, 0.05) is 12.2 Å². The first-order valence-corrected chi connectivity index (χ1v) is 9.04. The molecule has 0 radical (unpaired) electrons. The van der Waals surface area contributed by atoms with E-state index in [4.69, 9.17) is 0 Å². The predicted octanol–water partition coefficient (Wildman–Crippen LogP) is 6.95. The number of hydrogen-bond donors (Lipinski definition) is 1. The van der Waals surface area contributed by atoms with Crippen molar-refractivity contribution >= 4 is 0 Å². The zero-order valence-electron chi connectivity index (χ0n) is 16.3. The Bertz CT molecular complexity index is 379. The fourth-order valence-corrected chi connectivity index (χ4v) is 1.77. The van der Waals surface area contributed by atoms with E-state index in [0.717, 1.165) is 19.4 Å². The second-order valence-corrected chi connectivity index (χ2v) is 5.30. The monoisotopic (exact) mass is 305 g/mol. The Labute approximate surface area is 140 Å². The Morgan fingerprint density at radius 1 is 1.09 bits per heavy atom. The van der Waals surface area contributed by atoms with Crippen LogP contribution in [0.2, 0.25) is 0 Å². The molecule has 0 aliphatic carbocycles. The van der Waals surface area contributed by atoms with Gasteiger partial charge in [-0.15, -0.1) is 0 Å². The molecule has 22 heavy (non-hydrogen) atoms. The zero-order chi connectivity index (χ0) is 17.4. The van der Waals surface area contributed by atoms with E-state index in [2.05, 4.69) is 71.2 Å². The minimum absolute atomic E-state index is 1.05. The van der Waals surface area contributed by atoms with Crippen LogP contribution in [0.15, 0.2) is 46.7 Å². The molecule has 0 unspecified atom stereocenters. The molecule has 0 saturated heterocycles. The lowest BCUT2D eigenvalue weighted by atomic mass is 10.1. The molecular formula is C21H39N. The Kier molecular flexibility index (Phi) is 16.9. The summed E-state index contributed by atoms with van der Waals surface area (Å²) in [6.45, 7) is 18.0. The molecular weight excluding hydrogens is 266 g/mol. The fraction of sp³-hybridized carbons (Fsp3) is 0.619. The van der Waals surface area contributed by atoms with Crippen LogP contribution in [0.4, 0.5) is 0 Å². The number of hydrogen-bond acceptors (Lipinski definition) is 1. The van der Waals surface area contributed by atoms with E-state index in [1.165, 1.54) is 35.3 Å². The molecule has 0 aromatic carbocycles. The summed E-state index contributed by atoms with van der Waals surface area (Å²) in [5, 5.41) is 3.49. The lowest BCUT2D eigenvalue weighted by Crippen LogP contribution is -2.14. The van der Waals surface area contributed by atoms with Gasteiger partial charge in [0.05, 0.1) is 0 Å². The summed E-state index contributed by atoms with van der Waals surface area (Å²) in [6, 6.07) is 0. The van der Waals surface area contributed by atoms with Crippen LogP contribution in [-0.2, 0) is 0 Å². The molecule has 1 N–H and O–H groups in total. The second-order valence-electron chi connectivity index (χ2n) is 5.30. The first kappa shape index (κ1) is 23.0. The van der Waals surface area contributed by atoms with Gasteiger partial charge in [-0.3, -0.25) is 0 Å². The van der Waals surface area contributed by atoms with Crippen LogP contribution in [0.5, 0.6) is 0 Å². The minimum Gasteiger partial charge on any atom is -0.385 e. The molecule has 1 heteroatoms. The highest BCUT2D eigenvalue weighted by Gasteiger charge is 2.03. The summed E-state index contributed by atoms with van der Waals surface area (Å²) in [5.74, 6) is 0. The van der Waals surface area contributed by atoms with Gasteiger partial charge in [-0.25, -0.2) is 0 Å². The first-order chi connectivity index (χ1) is 10.6. The Hall–Kier alpha value is -1.24. The van der Waals surface area contributed by atoms with Crippen LogP contribution in [-0.4, -0.2) is 6.54 Å². The van der Waals surface area contributed by atoms with Crippen molar-refractivity contribution in [2.45, 2.75) is 81.1 Å². The van der Waals surface area contributed by atoms with Gasteiger partial charge in [0.2, 0.25) is 0 Å². The largest absolute Gasteiger partial charge is 0.385 e. The van der Waals surface area contributed by atoms with E-state index in [9.17, 15) is 0 Å². The van der Waals surface area contributed by atoms with Crippen molar-refractivity contribution in [3.05, 3.63) is 46.7 Å². The minimum atomic E-state index is 1.05. The SMILES string of the molecule is C/C=C(C)\C=C(\C)C1=CC=C(CC)CCN1.CC.CCCC. The molecule has 0 saturated carbocycles. The third-order valence-corrected chi connectivity index (χ3v) is 3.53. The van der Waals surface area contributed by atoms with E-state index >= 15 is 0 Å². The fourth-order valence-electron chi connectivity index (χ4n) is 1.77. The number of nitrogens with one attached hydrogen (secondary N) is 1. The Morgan fingerprint density at radius 2 is 1.68 bits per heavy atom. The number of unbranched alkanes of at least 4 members (excludes halogenated alkanes) is 1. The number of allylic oxidation sites excluding steroid dienone is 6. The van der Waals surface area contributed by atoms with Gasteiger partial charge in [0.1, 0.15) is 0 Å². The average Bonchev–Trinajstić information content (AvgIpc) is 2.82. The van der Waals surface area contributed by atoms with Crippen molar-refractivity contribution in [3.63, 3.8) is 0 Å². The van der Waals surface area contributed by atoms with Crippen molar-refractivity contribution in [1.29, 1.82) is 0 Å². The summed E-state index contributed by atoms with van der Waals surface area (Å²) in [6.07, 6.45) is 13.8. The molecule has 1 aliphatic rings. The maximum absolute atomic E-state index is 3.49. The second kappa shape index (κ2) is 16.1. The summed E-state index contributed by atoms with van der Waals surface area (Å²) in [7, 11) is 0. The molecule has 0 bridgehead atoms. The standard InChI is InChI=1S/C15H23N.C4H10.C2H6/c1-5-12(3)11-13(4)15-8-7-14(6-2)9-10-16-15;1-3-4-2;1-2/h5,7-8,11,16H,6,9-10H2,1-4H3;3-4H2,1-2H3;1-2H3/b12-5-,13-11-;;. The van der Waals surface area contributed by atoms with Crippen LogP contribution in [0.3, 0.4) is 0 Å². The van der Waals surface area contributed by atoms with Crippen molar-refractivity contribution in [2.24, 2.45) is 0 Å². The van der Waals surface area contributed by atoms with Crippen LogP contribution < -0.4 is 5.32 Å². The summed E-state index contributed by atoms with van der Waals surface area (Å²) in [4.78, 5) is 0. The predicted molar refractivity (Wildman–Crippen MR) is 104 cm³/mol. The van der Waals surface area contributed by atoms with Crippen molar-refractivity contribution in [3.8, 4) is 0 Å². The van der Waals surface area contributed by atoms with Crippen LogP contribution >= 0.6 is 0 Å². The van der Waals surface area contributed by atoms with E-state index in [1.807, 2.05) is 13.8 Å². The first-order valence-electron chi connectivity index (χ1n) is 9.04. The van der Waals surface area contributed by atoms with Crippen LogP contribution in [0, 0.1) is 0 Å². The number of rotatable bonds is 4. The molecule has 1 rings (SSSR count). The van der Waals surface area contributed by atoms with Gasteiger partial charge in [-0.2, -0.15) is 0 Å². The van der Waals surface area contributed by atoms with Crippen molar-refractivity contribution in [2.75, 3.05) is 6.54 Å². The zero-order valence-corrected chi connectivity index (χ0v) is 16.3. The van der Waals surface area contributed by atoms with Gasteiger partial charge < -0.3 is 5.32 Å². The maximum atomic E-state index is 3.49. The molecule has 0 amide bonds. The van der Waals surface area contributed by atoms with Gasteiger partial charge in [0.25, 0.3) is 0 Å². The Balaban J connectivity index is 0. The van der Waals surface area contributed by atoms with Crippen molar-refractivity contribution in [1.82, 2.24) is 5.32 Å².